The molecule has 1 aromatic carbocycles. The van der Waals surface area contributed by atoms with Gasteiger partial charge in [0.2, 0.25) is 5.91 Å². The van der Waals surface area contributed by atoms with Gasteiger partial charge in [-0.25, -0.2) is 5.43 Å². The fourth-order valence-corrected chi connectivity index (χ4v) is 2.32. The van der Waals surface area contributed by atoms with Crippen LogP contribution in [0, 0.1) is 0 Å². The number of aliphatic hydroxyl groups excluding tert-OH is 1. The van der Waals surface area contributed by atoms with Crippen molar-refractivity contribution in [2.24, 2.45) is 5.10 Å². The molecule has 25 heavy (non-hydrogen) atoms. The average molecular weight is 349 g/mol. The molecule has 1 atom stereocenters. The van der Waals surface area contributed by atoms with Crippen molar-refractivity contribution in [3.63, 3.8) is 0 Å². The third kappa shape index (κ3) is 6.03. The molecule has 0 aromatic heterocycles. The molecular formula is C18H27N3O4. The van der Waals surface area contributed by atoms with E-state index in [1.807, 2.05) is 26.8 Å². The number of aliphatic hydroxyl groups is 1. The van der Waals surface area contributed by atoms with Gasteiger partial charge in [0.15, 0.2) is 0 Å². The lowest BCUT2D eigenvalue weighted by Gasteiger charge is -2.23. The Morgan fingerprint density at radius 1 is 1.36 bits per heavy atom. The molecule has 7 heteroatoms. The Labute approximate surface area is 148 Å². The lowest BCUT2D eigenvalue weighted by atomic mass is 10.0. The summed E-state index contributed by atoms with van der Waals surface area (Å²) in [6, 6.07) is 5.41. The molecule has 0 fully saturated rings. The van der Waals surface area contributed by atoms with Gasteiger partial charge in [-0.3, -0.25) is 4.79 Å². The predicted molar refractivity (Wildman–Crippen MR) is 96.2 cm³/mol. The summed E-state index contributed by atoms with van der Waals surface area (Å²) in [4.78, 5) is 11.3. The van der Waals surface area contributed by atoms with Gasteiger partial charge in [0.1, 0.15) is 24.2 Å². The molecule has 3 N–H and O–H groups in total. The molecule has 138 valence electrons. The quantitative estimate of drug-likeness (QED) is 0.693. The molecule has 2 rings (SSSR count). The Morgan fingerprint density at radius 2 is 2.12 bits per heavy atom. The summed E-state index contributed by atoms with van der Waals surface area (Å²) in [5.74, 6) is 1.18. The second-order valence-corrected chi connectivity index (χ2v) is 7.05. The first-order valence-electron chi connectivity index (χ1n) is 8.38. The number of benzene rings is 1. The van der Waals surface area contributed by atoms with Crippen LogP contribution in [0.5, 0.6) is 11.5 Å². The molecule has 0 spiro atoms. The van der Waals surface area contributed by atoms with E-state index in [9.17, 15) is 9.90 Å². The summed E-state index contributed by atoms with van der Waals surface area (Å²) in [7, 11) is 1.59. The molecule has 1 aromatic rings. The molecule has 0 saturated heterocycles. The Kier molecular flexibility index (Phi) is 6.39. The van der Waals surface area contributed by atoms with E-state index in [0.29, 0.717) is 30.9 Å². The zero-order valence-electron chi connectivity index (χ0n) is 15.3. The minimum absolute atomic E-state index is 0.0682. The van der Waals surface area contributed by atoms with Crippen molar-refractivity contribution in [2.75, 3.05) is 20.3 Å². The summed E-state index contributed by atoms with van der Waals surface area (Å²) in [5.41, 5.74) is 3.91. The maximum Gasteiger partial charge on any atom is 0.240 e. The average Bonchev–Trinajstić information content (AvgIpc) is 2.58. The number of hydrogen-bond acceptors (Lipinski definition) is 6. The van der Waals surface area contributed by atoms with Gasteiger partial charge in [-0.2, -0.15) is 5.10 Å². The van der Waals surface area contributed by atoms with Crippen molar-refractivity contribution in [1.82, 2.24) is 10.7 Å². The van der Waals surface area contributed by atoms with Crippen molar-refractivity contribution < 1.29 is 19.4 Å². The van der Waals surface area contributed by atoms with Gasteiger partial charge < -0.3 is 19.9 Å². The number of rotatable bonds is 7. The number of carbonyl (C=O) groups is 1. The number of hydrazone groups is 1. The van der Waals surface area contributed by atoms with Gasteiger partial charge in [0.05, 0.1) is 12.8 Å². The van der Waals surface area contributed by atoms with Crippen molar-refractivity contribution in [1.29, 1.82) is 0 Å². The first kappa shape index (κ1) is 19.2. The second kappa shape index (κ2) is 8.31. The van der Waals surface area contributed by atoms with Crippen LogP contribution in [0.25, 0.3) is 0 Å². The number of carbonyl (C=O) groups excluding carboxylic acids is 1. The van der Waals surface area contributed by atoms with Gasteiger partial charge in [-0.15, -0.1) is 0 Å². The highest BCUT2D eigenvalue weighted by Crippen LogP contribution is 2.27. The summed E-state index contributed by atoms with van der Waals surface area (Å²) >= 11 is 0. The third-order valence-corrected chi connectivity index (χ3v) is 3.70. The van der Waals surface area contributed by atoms with Crippen LogP contribution in [0.15, 0.2) is 23.3 Å². The van der Waals surface area contributed by atoms with Gasteiger partial charge in [-0.1, -0.05) is 0 Å². The van der Waals surface area contributed by atoms with Crippen molar-refractivity contribution in [2.45, 2.75) is 45.3 Å². The number of amides is 1. The molecule has 0 aliphatic carbocycles. The smallest absolute Gasteiger partial charge is 0.240 e. The molecule has 0 bridgehead atoms. The number of nitrogens with one attached hydrogen (secondary N) is 2. The standard InChI is InChI=1S/C18H27N3O4/c1-18(2,3)19-10-12(22)11-25-16-7-5-13(24-4)9-14(16)15-6-8-17(23)21-20-15/h5,7,9,12,19,22H,6,8,10-11H2,1-4H3,(H,21,23). The van der Waals surface area contributed by atoms with E-state index in [1.165, 1.54) is 0 Å². The molecule has 0 radical (unpaired) electrons. The monoisotopic (exact) mass is 349 g/mol. The van der Waals surface area contributed by atoms with E-state index in [0.717, 1.165) is 11.3 Å². The van der Waals surface area contributed by atoms with Crippen LogP contribution in [0.1, 0.15) is 39.2 Å². The van der Waals surface area contributed by atoms with Gasteiger partial charge in [0.25, 0.3) is 0 Å². The molecule has 1 aliphatic rings. The first-order chi connectivity index (χ1) is 11.8. The molecule has 1 amide bonds. The van der Waals surface area contributed by atoms with E-state index in [-0.39, 0.29) is 18.1 Å². The molecule has 1 unspecified atom stereocenters. The minimum Gasteiger partial charge on any atom is -0.497 e. The van der Waals surface area contributed by atoms with Crippen LogP contribution in [-0.2, 0) is 4.79 Å². The SMILES string of the molecule is COc1ccc(OCC(O)CNC(C)(C)C)c(C2=NNC(=O)CC2)c1. The van der Waals surface area contributed by atoms with Crippen LogP contribution >= 0.6 is 0 Å². The summed E-state index contributed by atoms with van der Waals surface area (Å²) in [5, 5.41) is 17.5. The summed E-state index contributed by atoms with van der Waals surface area (Å²) in [6.45, 7) is 6.71. The normalized spacial score (nSPS) is 16.0. The third-order valence-electron chi connectivity index (χ3n) is 3.70. The molecule has 0 saturated carbocycles. The van der Waals surface area contributed by atoms with Crippen LogP contribution in [-0.4, -0.2) is 48.6 Å². The number of methoxy groups -OCH3 is 1. The Balaban J connectivity index is 2.08. The van der Waals surface area contributed by atoms with Gasteiger partial charge in [-0.05, 0) is 39.0 Å². The van der Waals surface area contributed by atoms with E-state index >= 15 is 0 Å². The van der Waals surface area contributed by atoms with Crippen LogP contribution in [0.2, 0.25) is 0 Å². The molecule has 1 aliphatic heterocycles. The van der Waals surface area contributed by atoms with E-state index in [1.54, 1.807) is 19.2 Å². The lowest BCUT2D eigenvalue weighted by Crippen LogP contribution is -2.42. The lowest BCUT2D eigenvalue weighted by molar-refractivity contribution is -0.121. The largest absolute Gasteiger partial charge is 0.497 e. The highest BCUT2D eigenvalue weighted by Gasteiger charge is 2.19. The Bertz CT molecular complexity index is 638. The number of nitrogens with zero attached hydrogens (tertiary/aromatic N) is 1. The van der Waals surface area contributed by atoms with Crippen molar-refractivity contribution in [3.8, 4) is 11.5 Å². The second-order valence-electron chi connectivity index (χ2n) is 7.05. The number of β-amino-alcohol motifs (C(OH)–C–C–N with tert-alkyl or cyclic N) is 1. The highest BCUT2D eigenvalue weighted by atomic mass is 16.5. The van der Waals surface area contributed by atoms with Crippen LogP contribution in [0.4, 0.5) is 0 Å². The van der Waals surface area contributed by atoms with Crippen molar-refractivity contribution >= 4 is 11.6 Å². The van der Waals surface area contributed by atoms with Gasteiger partial charge >= 0.3 is 0 Å². The first-order valence-corrected chi connectivity index (χ1v) is 8.38. The number of ether oxygens (including phenoxy) is 2. The van der Waals surface area contributed by atoms with E-state index in [2.05, 4.69) is 15.8 Å². The maximum absolute atomic E-state index is 11.3. The fraction of sp³-hybridized carbons (Fsp3) is 0.556. The Morgan fingerprint density at radius 3 is 2.72 bits per heavy atom. The highest BCUT2D eigenvalue weighted by molar-refractivity contribution is 6.06. The van der Waals surface area contributed by atoms with E-state index in [4.69, 9.17) is 9.47 Å². The summed E-state index contributed by atoms with van der Waals surface area (Å²) in [6.07, 6.45) is 0.277. The van der Waals surface area contributed by atoms with E-state index < -0.39 is 6.10 Å². The topological polar surface area (TPSA) is 92.2 Å². The molecular weight excluding hydrogens is 322 g/mol. The fourth-order valence-electron chi connectivity index (χ4n) is 2.32. The van der Waals surface area contributed by atoms with Crippen molar-refractivity contribution in [3.05, 3.63) is 23.8 Å². The minimum atomic E-state index is -0.637. The Hall–Kier alpha value is -2.12. The van der Waals surface area contributed by atoms with Crippen LogP contribution in [0.3, 0.4) is 0 Å². The summed E-state index contributed by atoms with van der Waals surface area (Å²) < 4.78 is 11.1. The zero-order chi connectivity index (χ0) is 18.4. The maximum atomic E-state index is 11.3. The molecule has 1 heterocycles. The van der Waals surface area contributed by atoms with Gasteiger partial charge in [0, 0.05) is 30.5 Å². The number of hydrogen-bond donors (Lipinski definition) is 3. The van der Waals surface area contributed by atoms with Crippen LogP contribution < -0.4 is 20.2 Å². The predicted octanol–water partition coefficient (Wildman–Crippen LogP) is 1.44. The molecule has 7 nitrogen and oxygen atoms in total. The zero-order valence-corrected chi connectivity index (χ0v) is 15.3.